The van der Waals surface area contributed by atoms with Gasteiger partial charge in [-0.3, -0.25) is 0 Å². The van der Waals surface area contributed by atoms with Crippen molar-refractivity contribution >= 4 is 110 Å². The SMILES string of the molecule is CCc1cc2nc3nc(c4cccc(n4)c4nc(nc5cc(CC)c(CC)cc54)c4nc5cc(CC)c(CC)cc5c(n4)c4cccc(n4)c4nc3nc3cc(CC)c(CC)cc34)c2cc1CC. The van der Waals surface area contributed by atoms with E-state index in [1.54, 1.807) is 0 Å². The number of aryl methyl sites for hydroxylation is 8. The quantitative estimate of drug-likeness (QED) is 0.145. The fourth-order valence-corrected chi connectivity index (χ4v) is 10.3. The lowest BCUT2D eigenvalue weighted by Gasteiger charge is -2.12. The zero-order valence-corrected chi connectivity index (χ0v) is 40.2. The van der Waals surface area contributed by atoms with Gasteiger partial charge < -0.3 is 0 Å². The monoisotopic (exact) mass is 890 g/mol. The average molecular weight is 891 g/mol. The average Bonchev–Trinajstić information content (AvgIpc) is 3.39. The molecule has 0 aliphatic heterocycles. The van der Waals surface area contributed by atoms with E-state index in [1.165, 1.54) is 44.5 Å². The summed E-state index contributed by atoms with van der Waals surface area (Å²) in [6.45, 7) is 17.6. The van der Waals surface area contributed by atoms with Gasteiger partial charge in [0.05, 0.1) is 44.1 Å². The molecule has 0 unspecified atom stereocenters. The Balaban J connectivity index is 1.45. The van der Waals surface area contributed by atoms with E-state index in [2.05, 4.69) is 104 Å². The molecule has 10 nitrogen and oxygen atoms in total. The van der Waals surface area contributed by atoms with Crippen LogP contribution < -0.4 is 0 Å². The van der Waals surface area contributed by atoms with Crippen molar-refractivity contribution in [2.24, 2.45) is 0 Å². The van der Waals surface area contributed by atoms with Crippen LogP contribution in [0.25, 0.3) is 110 Å². The molecule has 7 aromatic heterocycles. The van der Waals surface area contributed by atoms with Gasteiger partial charge in [-0.15, -0.1) is 0 Å². The highest BCUT2D eigenvalue weighted by Gasteiger charge is 2.17. The van der Waals surface area contributed by atoms with Crippen LogP contribution in [0.15, 0.2) is 84.9 Å². The molecule has 4 aromatic carbocycles. The molecule has 0 fully saturated rings. The Kier molecular flexibility index (Phi) is 11.0. The van der Waals surface area contributed by atoms with Gasteiger partial charge in [0.1, 0.15) is 22.1 Å². The van der Waals surface area contributed by atoms with Gasteiger partial charge in [-0.25, -0.2) is 49.8 Å². The Bertz CT molecular complexity index is 3520. The minimum Gasteiger partial charge on any atom is -0.244 e. The largest absolute Gasteiger partial charge is 0.244 e. The zero-order valence-electron chi connectivity index (χ0n) is 40.2. The van der Waals surface area contributed by atoms with Crippen LogP contribution in [0.2, 0.25) is 0 Å². The number of nitrogens with zero attached hydrogens (tertiary/aromatic N) is 10. The summed E-state index contributed by atoms with van der Waals surface area (Å²) in [6.07, 6.45) is 7.03. The molecule has 0 atom stereocenters. The van der Waals surface area contributed by atoms with E-state index in [0.29, 0.717) is 66.7 Å². The van der Waals surface area contributed by atoms with Crippen molar-refractivity contribution in [3.8, 4) is 0 Å². The van der Waals surface area contributed by atoms with Crippen LogP contribution in [0.1, 0.15) is 99.9 Å². The topological polar surface area (TPSA) is 129 Å². The van der Waals surface area contributed by atoms with Crippen molar-refractivity contribution in [2.75, 3.05) is 0 Å². The van der Waals surface area contributed by atoms with Crippen LogP contribution in [0.5, 0.6) is 0 Å². The maximum atomic E-state index is 5.47. The fraction of sp³-hybridized carbons (Fsp3) is 0.276. The van der Waals surface area contributed by atoms with E-state index in [9.17, 15) is 0 Å². The second-order valence-electron chi connectivity index (χ2n) is 17.8. The third-order valence-electron chi connectivity index (χ3n) is 14.0. The Morgan fingerprint density at radius 1 is 0.235 bits per heavy atom. The Labute approximate surface area is 394 Å². The maximum Gasteiger partial charge on any atom is 0.199 e. The minimum atomic E-state index is 0.420. The highest BCUT2D eigenvalue weighted by molar-refractivity contribution is 6.09. The number of rotatable bonds is 8. The molecule has 0 aliphatic rings. The molecule has 68 heavy (non-hydrogen) atoms. The number of hydrogen-bond donors (Lipinski definition) is 0. The van der Waals surface area contributed by atoms with Gasteiger partial charge in [-0.1, -0.05) is 67.5 Å². The highest BCUT2D eigenvalue weighted by Crippen LogP contribution is 2.33. The molecule has 0 saturated heterocycles. The third kappa shape index (κ3) is 7.16. The summed E-state index contributed by atoms with van der Waals surface area (Å²) in [6, 6.07) is 30.0. The molecule has 7 heterocycles. The van der Waals surface area contributed by atoms with Crippen LogP contribution in [0, 0.1) is 0 Å². The number of hydrogen-bond acceptors (Lipinski definition) is 10. The van der Waals surface area contributed by atoms with E-state index in [4.69, 9.17) is 49.8 Å². The van der Waals surface area contributed by atoms with E-state index < -0.39 is 0 Å². The molecule has 0 radical (unpaired) electrons. The van der Waals surface area contributed by atoms with Gasteiger partial charge in [-0.05, 0) is 169 Å². The standard InChI is InChI=1S/C58H54N10/c1-9-31-23-39-47(27-35(31)13-5)61-55-56-62-48-28-36(14-6)33(11-3)25-41(48)53(66-56)45-21-18-22-46(60-45)54-42-26-34(12-4)38(16-8)30-50(42)64-58(68-54)57-63-49-29-37(15-7)32(10-2)24-40(49)52(67-57)44-20-17-19-43(59-44)51(39)65-55/h17-30H,9-16H2,1-8H3. The second kappa shape index (κ2) is 17.3. The zero-order chi connectivity index (χ0) is 46.8. The van der Waals surface area contributed by atoms with Gasteiger partial charge in [0.25, 0.3) is 0 Å². The first-order valence-electron chi connectivity index (χ1n) is 24.6. The molecule has 12 bridgehead atoms. The molecule has 0 aliphatic carbocycles. The molecular weight excluding hydrogens is 837 g/mol. The number of aromatic nitrogens is 10. The van der Waals surface area contributed by atoms with Crippen LogP contribution in [0.4, 0.5) is 0 Å². The van der Waals surface area contributed by atoms with Gasteiger partial charge in [0.15, 0.2) is 22.6 Å². The normalized spacial score (nSPS) is 12.0. The highest BCUT2D eigenvalue weighted by atomic mass is 15.0. The number of fused-ring (bicyclic) bond motifs is 26. The summed E-state index contributed by atoms with van der Waals surface area (Å²) in [5.74, 6) is 0. The predicted molar refractivity (Wildman–Crippen MR) is 281 cm³/mol. The fourth-order valence-electron chi connectivity index (χ4n) is 10.3. The summed E-state index contributed by atoms with van der Waals surface area (Å²) in [4.78, 5) is 53.8. The summed E-state index contributed by atoms with van der Waals surface area (Å²) in [5, 5.41) is 3.67. The lowest BCUT2D eigenvalue weighted by atomic mass is 9.99. The molecular formula is C58H54N10. The summed E-state index contributed by atoms with van der Waals surface area (Å²) in [7, 11) is 0. The molecule has 0 amide bonds. The molecule has 0 saturated carbocycles. The van der Waals surface area contributed by atoms with E-state index >= 15 is 0 Å². The molecule has 11 rings (SSSR count). The Morgan fingerprint density at radius 2 is 0.441 bits per heavy atom. The third-order valence-corrected chi connectivity index (χ3v) is 14.0. The van der Waals surface area contributed by atoms with Crippen LogP contribution in [-0.4, -0.2) is 49.8 Å². The summed E-state index contributed by atoms with van der Waals surface area (Å²) < 4.78 is 0. The van der Waals surface area contributed by atoms with Gasteiger partial charge in [0.2, 0.25) is 0 Å². The second-order valence-corrected chi connectivity index (χ2v) is 17.8. The molecule has 10 heteroatoms. The van der Waals surface area contributed by atoms with Crippen molar-refractivity contribution in [1.29, 1.82) is 0 Å². The van der Waals surface area contributed by atoms with Crippen molar-refractivity contribution in [3.05, 3.63) is 129 Å². The summed E-state index contributed by atoms with van der Waals surface area (Å²) >= 11 is 0. The molecule has 0 spiro atoms. The lowest BCUT2D eigenvalue weighted by molar-refractivity contribution is 1.04. The first kappa shape index (κ1) is 43.1. The Hall–Kier alpha value is -7.46. The van der Waals surface area contributed by atoms with Crippen LogP contribution in [0.3, 0.4) is 0 Å². The smallest absolute Gasteiger partial charge is 0.199 e. The summed E-state index contributed by atoms with van der Waals surface area (Å²) in [5.41, 5.74) is 20.6. The molecule has 11 aromatic rings. The van der Waals surface area contributed by atoms with Crippen LogP contribution >= 0.6 is 0 Å². The van der Waals surface area contributed by atoms with Crippen molar-refractivity contribution in [3.63, 3.8) is 0 Å². The van der Waals surface area contributed by atoms with Crippen LogP contribution in [-0.2, 0) is 51.4 Å². The van der Waals surface area contributed by atoms with Gasteiger partial charge in [-0.2, -0.15) is 0 Å². The van der Waals surface area contributed by atoms with Crippen molar-refractivity contribution in [2.45, 2.75) is 107 Å². The predicted octanol–water partition coefficient (Wildman–Crippen LogP) is 13.4. The van der Waals surface area contributed by atoms with E-state index in [-0.39, 0.29) is 0 Å². The van der Waals surface area contributed by atoms with Crippen molar-refractivity contribution < 1.29 is 0 Å². The first-order chi connectivity index (χ1) is 33.3. The minimum absolute atomic E-state index is 0.420. The van der Waals surface area contributed by atoms with Crippen molar-refractivity contribution in [1.82, 2.24) is 49.8 Å². The number of pyridine rings is 2. The molecule has 0 N–H and O–H groups in total. The number of benzene rings is 4. The maximum absolute atomic E-state index is 5.47. The van der Waals surface area contributed by atoms with Gasteiger partial charge >= 0.3 is 0 Å². The lowest BCUT2D eigenvalue weighted by Crippen LogP contribution is -1.99. The Morgan fingerprint density at radius 3 is 0.647 bits per heavy atom. The first-order valence-corrected chi connectivity index (χ1v) is 24.6. The van der Waals surface area contributed by atoms with E-state index in [1.807, 2.05) is 36.4 Å². The van der Waals surface area contributed by atoms with Gasteiger partial charge in [0, 0.05) is 21.5 Å². The van der Waals surface area contributed by atoms with E-state index in [0.717, 1.165) is 95.0 Å². The molecule has 336 valence electrons.